The van der Waals surface area contributed by atoms with E-state index in [9.17, 15) is 0 Å². The van der Waals surface area contributed by atoms with Gasteiger partial charge in [0.15, 0.2) is 0 Å². The zero-order valence-electron chi connectivity index (χ0n) is 13.1. The molecule has 1 saturated heterocycles. The number of hydrogen-bond donors (Lipinski definition) is 1. The largest absolute Gasteiger partial charge is 0.371 e. The number of anilines is 1. The zero-order valence-corrected chi connectivity index (χ0v) is 13.9. The zero-order chi connectivity index (χ0) is 14.4. The average molecular weight is 292 g/mol. The Labute approximate surface area is 128 Å². The van der Waals surface area contributed by atoms with Gasteiger partial charge in [-0.1, -0.05) is 19.1 Å². The molecule has 0 spiro atoms. The molecule has 0 amide bonds. The molecule has 0 bridgehead atoms. The van der Waals surface area contributed by atoms with Gasteiger partial charge in [0.25, 0.3) is 0 Å². The van der Waals surface area contributed by atoms with Gasteiger partial charge in [-0.05, 0) is 50.1 Å². The lowest BCUT2D eigenvalue weighted by Crippen LogP contribution is -2.46. The first-order valence-electron chi connectivity index (χ1n) is 7.84. The maximum atomic E-state index is 3.79. The molecule has 1 atom stereocenters. The molecule has 2 rings (SSSR count). The molecule has 0 aliphatic carbocycles. The van der Waals surface area contributed by atoms with Crippen molar-refractivity contribution in [2.24, 2.45) is 0 Å². The Morgan fingerprint density at radius 1 is 1.35 bits per heavy atom. The van der Waals surface area contributed by atoms with E-state index in [0.717, 1.165) is 0 Å². The van der Waals surface area contributed by atoms with E-state index in [1.165, 1.54) is 48.7 Å². The molecule has 0 aromatic heterocycles. The predicted octanol–water partition coefficient (Wildman–Crippen LogP) is 3.70. The number of nitrogens with one attached hydrogen (secondary N) is 1. The van der Waals surface area contributed by atoms with Crippen molar-refractivity contribution in [2.45, 2.75) is 45.7 Å². The van der Waals surface area contributed by atoms with E-state index in [0.29, 0.717) is 12.1 Å². The SMILES string of the molecule is CCSC[C@H](C)NC1CCN(c2cccc(C)c2)CC1. The number of aryl methyl sites for hydroxylation is 1. The molecule has 1 aliphatic heterocycles. The third kappa shape index (κ3) is 4.71. The normalized spacial score (nSPS) is 18.2. The van der Waals surface area contributed by atoms with Crippen LogP contribution in [0.5, 0.6) is 0 Å². The first kappa shape index (κ1) is 15.7. The standard InChI is InChI=1S/C17H28N2S/c1-4-20-13-15(3)18-16-8-10-19(11-9-16)17-7-5-6-14(2)12-17/h5-7,12,15-16,18H,4,8-11,13H2,1-3H3/t15-/m0/s1. The molecule has 20 heavy (non-hydrogen) atoms. The topological polar surface area (TPSA) is 15.3 Å². The molecule has 0 saturated carbocycles. The molecule has 1 N–H and O–H groups in total. The fourth-order valence-corrected chi connectivity index (χ4v) is 3.56. The van der Waals surface area contributed by atoms with Crippen LogP contribution in [0.1, 0.15) is 32.3 Å². The van der Waals surface area contributed by atoms with E-state index >= 15 is 0 Å². The van der Waals surface area contributed by atoms with Gasteiger partial charge in [0.05, 0.1) is 0 Å². The predicted molar refractivity (Wildman–Crippen MR) is 92.0 cm³/mol. The highest BCUT2D eigenvalue weighted by Crippen LogP contribution is 2.21. The number of thioether (sulfide) groups is 1. The number of nitrogens with zero attached hydrogens (tertiary/aromatic N) is 1. The number of rotatable bonds is 6. The summed E-state index contributed by atoms with van der Waals surface area (Å²) in [6.45, 7) is 9.07. The second kappa shape index (κ2) is 7.94. The molecular weight excluding hydrogens is 264 g/mol. The van der Waals surface area contributed by atoms with Gasteiger partial charge >= 0.3 is 0 Å². The third-order valence-electron chi connectivity index (χ3n) is 3.95. The van der Waals surface area contributed by atoms with Crippen LogP contribution in [0.25, 0.3) is 0 Å². The lowest BCUT2D eigenvalue weighted by atomic mass is 10.0. The Hall–Kier alpha value is -0.670. The van der Waals surface area contributed by atoms with Gasteiger partial charge in [-0.15, -0.1) is 0 Å². The fraction of sp³-hybridized carbons (Fsp3) is 0.647. The molecule has 1 aromatic carbocycles. The van der Waals surface area contributed by atoms with E-state index in [-0.39, 0.29) is 0 Å². The summed E-state index contributed by atoms with van der Waals surface area (Å²) < 4.78 is 0. The number of hydrogen-bond acceptors (Lipinski definition) is 3. The van der Waals surface area contributed by atoms with E-state index in [1.807, 2.05) is 11.8 Å². The highest BCUT2D eigenvalue weighted by atomic mass is 32.2. The number of benzene rings is 1. The smallest absolute Gasteiger partial charge is 0.0368 e. The summed E-state index contributed by atoms with van der Waals surface area (Å²) in [5.41, 5.74) is 2.74. The molecular formula is C17H28N2S. The summed E-state index contributed by atoms with van der Waals surface area (Å²) in [6, 6.07) is 10.2. The minimum Gasteiger partial charge on any atom is -0.371 e. The Morgan fingerprint density at radius 2 is 2.10 bits per heavy atom. The molecule has 1 heterocycles. The van der Waals surface area contributed by atoms with E-state index in [1.54, 1.807) is 0 Å². The second-order valence-electron chi connectivity index (χ2n) is 5.83. The highest BCUT2D eigenvalue weighted by molar-refractivity contribution is 7.99. The lowest BCUT2D eigenvalue weighted by molar-refractivity contribution is 0.389. The van der Waals surface area contributed by atoms with Gasteiger partial charge in [0.1, 0.15) is 0 Å². The van der Waals surface area contributed by atoms with E-state index < -0.39 is 0 Å². The van der Waals surface area contributed by atoms with Crippen LogP contribution in [0.2, 0.25) is 0 Å². The van der Waals surface area contributed by atoms with Crippen LogP contribution in [0, 0.1) is 6.92 Å². The van der Waals surface area contributed by atoms with Gasteiger partial charge in [-0.3, -0.25) is 0 Å². The van der Waals surface area contributed by atoms with Crippen molar-refractivity contribution in [1.29, 1.82) is 0 Å². The van der Waals surface area contributed by atoms with Crippen molar-refractivity contribution >= 4 is 17.4 Å². The van der Waals surface area contributed by atoms with Crippen molar-refractivity contribution in [3.05, 3.63) is 29.8 Å². The van der Waals surface area contributed by atoms with Gasteiger partial charge in [-0.2, -0.15) is 11.8 Å². The summed E-state index contributed by atoms with van der Waals surface area (Å²) in [5.74, 6) is 2.45. The minimum atomic E-state index is 0.635. The Kier molecular flexibility index (Phi) is 6.24. The molecule has 1 aliphatic rings. The van der Waals surface area contributed by atoms with Crippen LogP contribution in [-0.4, -0.2) is 36.7 Å². The van der Waals surface area contributed by atoms with E-state index in [2.05, 4.69) is 55.3 Å². The van der Waals surface area contributed by atoms with Gasteiger partial charge in [0.2, 0.25) is 0 Å². The molecule has 2 nitrogen and oxygen atoms in total. The van der Waals surface area contributed by atoms with Crippen LogP contribution < -0.4 is 10.2 Å². The first-order valence-corrected chi connectivity index (χ1v) is 9.00. The average Bonchev–Trinajstić information content (AvgIpc) is 2.46. The summed E-state index contributed by atoms with van der Waals surface area (Å²) in [7, 11) is 0. The summed E-state index contributed by atoms with van der Waals surface area (Å²) in [6.07, 6.45) is 2.52. The maximum absolute atomic E-state index is 3.79. The van der Waals surface area contributed by atoms with E-state index in [4.69, 9.17) is 0 Å². The minimum absolute atomic E-state index is 0.635. The van der Waals surface area contributed by atoms with Crippen molar-refractivity contribution in [3.63, 3.8) is 0 Å². The first-order chi connectivity index (χ1) is 9.69. The molecule has 112 valence electrons. The monoisotopic (exact) mass is 292 g/mol. The molecule has 1 fully saturated rings. The Morgan fingerprint density at radius 3 is 2.75 bits per heavy atom. The van der Waals surface area contributed by atoms with Crippen molar-refractivity contribution < 1.29 is 0 Å². The Bertz CT molecular complexity index is 400. The second-order valence-corrected chi connectivity index (χ2v) is 7.15. The summed E-state index contributed by atoms with van der Waals surface area (Å²) >= 11 is 2.03. The van der Waals surface area contributed by atoms with Crippen LogP contribution in [0.4, 0.5) is 5.69 Å². The summed E-state index contributed by atoms with van der Waals surface area (Å²) in [5, 5.41) is 3.79. The van der Waals surface area contributed by atoms with Crippen LogP contribution in [0.15, 0.2) is 24.3 Å². The van der Waals surface area contributed by atoms with Crippen molar-refractivity contribution in [1.82, 2.24) is 5.32 Å². The van der Waals surface area contributed by atoms with Crippen LogP contribution >= 0.6 is 11.8 Å². The van der Waals surface area contributed by atoms with Crippen molar-refractivity contribution in [2.75, 3.05) is 29.5 Å². The highest BCUT2D eigenvalue weighted by Gasteiger charge is 2.20. The van der Waals surface area contributed by atoms with Crippen LogP contribution in [0.3, 0.4) is 0 Å². The van der Waals surface area contributed by atoms with Gasteiger partial charge < -0.3 is 10.2 Å². The Balaban J connectivity index is 1.77. The van der Waals surface area contributed by atoms with Crippen LogP contribution in [-0.2, 0) is 0 Å². The van der Waals surface area contributed by atoms with Crippen molar-refractivity contribution in [3.8, 4) is 0 Å². The molecule has 3 heteroatoms. The lowest BCUT2D eigenvalue weighted by Gasteiger charge is -2.35. The third-order valence-corrected chi connectivity index (χ3v) is 5.10. The van der Waals surface area contributed by atoms with Gasteiger partial charge in [-0.25, -0.2) is 0 Å². The maximum Gasteiger partial charge on any atom is 0.0368 e. The number of piperidine rings is 1. The quantitative estimate of drug-likeness (QED) is 0.861. The molecule has 0 radical (unpaired) electrons. The summed E-state index contributed by atoms with van der Waals surface area (Å²) in [4.78, 5) is 2.52. The fourth-order valence-electron chi connectivity index (χ4n) is 2.87. The molecule has 1 aromatic rings. The molecule has 0 unspecified atom stereocenters. The van der Waals surface area contributed by atoms with Gasteiger partial charge in [0, 0.05) is 36.6 Å².